The Hall–Kier alpha value is -1.04. The molecule has 1 saturated carbocycles. The zero-order valence-electron chi connectivity index (χ0n) is 11.8. The van der Waals surface area contributed by atoms with Crippen molar-refractivity contribution in [1.29, 1.82) is 0 Å². The molecule has 0 spiro atoms. The topological polar surface area (TPSA) is 58.9 Å². The van der Waals surface area contributed by atoms with Crippen molar-refractivity contribution in [2.45, 2.75) is 32.1 Å². The van der Waals surface area contributed by atoms with Gasteiger partial charge < -0.3 is 19.5 Å². The van der Waals surface area contributed by atoms with Gasteiger partial charge in [-0.2, -0.15) is 0 Å². The normalized spacial score (nSPS) is 16.1. The van der Waals surface area contributed by atoms with Crippen LogP contribution in [-0.2, 0) is 4.74 Å². The quantitative estimate of drug-likeness (QED) is 0.584. The minimum absolute atomic E-state index is 0.464. The first-order valence-corrected chi connectivity index (χ1v) is 7.42. The third-order valence-corrected chi connectivity index (χ3v) is 3.75. The van der Waals surface area contributed by atoms with Crippen molar-refractivity contribution in [2.24, 2.45) is 5.92 Å². The van der Waals surface area contributed by atoms with E-state index in [1.807, 2.05) is 0 Å². The first-order valence-electron chi connectivity index (χ1n) is 7.42. The second-order valence-corrected chi connectivity index (χ2v) is 5.37. The molecule has 1 aliphatic rings. The Labute approximate surface area is 120 Å². The van der Waals surface area contributed by atoms with Crippen LogP contribution in [0.5, 0.6) is 5.75 Å². The Balaban J connectivity index is 1.58. The van der Waals surface area contributed by atoms with E-state index in [2.05, 4.69) is 0 Å². The minimum Gasteiger partial charge on any atom is -0.491 e. The molecule has 0 amide bonds. The van der Waals surface area contributed by atoms with Gasteiger partial charge in [-0.15, -0.1) is 0 Å². The minimum atomic E-state index is -1.43. The van der Waals surface area contributed by atoms with Crippen LogP contribution in [0.1, 0.15) is 32.1 Å². The van der Waals surface area contributed by atoms with Crippen molar-refractivity contribution < 1.29 is 19.5 Å². The zero-order chi connectivity index (χ0) is 14.2. The van der Waals surface area contributed by atoms with Crippen LogP contribution in [0.2, 0.25) is 0 Å². The number of ether oxygens (including phenoxy) is 2. The second-order valence-electron chi connectivity index (χ2n) is 5.37. The molecule has 5 heteroatoms. The molecule has 0 heterocycles. The van der Waals surface area contributed by atoms with E-state index < -0.39 is 7.12 Å². The van der Waals surface area contributed by atoms with Gasteiger partial charge in [-0.3, -0.25) is 0 Å². The molecule has 110 valence electrons. The fourth-order valence-electron chi connectivity index (χ4n) is 2.56. The maximum Gasteiger partial charge on any atom is 0.488 e. The molecule has 0 atom stereocenters. The molecule has 4 nitrogen and oxygen atoms in total. The predicted octanol–water partition coefficient (Wildman–Crippen LogP) is 1.34. The van der Waals surface area contributed by atoms with Gasteiger partial charge in [-0.05, 0) is 36.4 Å². The van der Waals surface area contributed by atoms with E-state index in [-0.39, 0.29) is 0 Å². The summed E-state index contributed by atoms with van der Waals surface area (Å²) < 4.78 is 11.2. The molecule has 1 fully saturated rings. The van der Waals surface area contributed by atoms with Crippen LogP contribution >= 0.6 is 0 Å². The summed E-state index contributed by atoms with van der Waals surface area (Å²) in [6.07, 6.45) is 6.65. The molecule has 2 rings (SSSR count). The Kier molecular flexibility index (Phi) is 6.37. The average Bonchev–Trinajstić information content (AvgIpc) is 2.48. The van der Waals surface area contributed by atoms with E-state index in [1.165, 1.54) is 32.1 Å². The molecule has 0 radical (unpaired) electrons. The van der Waals surface area contributed by atoms with E-state index in [9.17, 15) is 0 Å². The van der Waals surface area contributed by atoms with E-state index in [4.69, 9.17) is 19.5 Å². The van der Waals surface area contributed by atoms with Crippen LogP contribution in [-0.4, -0.2) is 37.0 Å². The van der Waals surface area contributed by atoms with Crippen molar-refractivity contribution in [3.8, 4) is 5.75 Å². The van der Waals surface area contributed by atoms with Crippen LogP contribution < -0.4 is 10.2 Å². The highest BCUT2D eigenvalue weighted by Crippen LogP contribution is 2.23. The fraction of sp³-hybridized carbons (Fsp3) is 0.600. The van der Waals surface area contributed by atoms with Gasteiger partial charge in [0.1, 0.15) is 12.4 Å². The second kappa shape index (κ2) is 8.30. The van der Waals surface area contributed by atoms with Crippen LogP contribution in [0.25, 0.3) is 0 Å². The molecule has 20 heavy (non-hydrogen) atoms. The summed E-state index contributed by atoms with van der Waals surface area (Å²) in [7, 11) is -1.43. The molecule has 0 aromatic heterocycles. The van der Waals surface area contributed by atoms with Gasteiger partial charge in [0.25, 0.3) is 0 Å². The summed E-state index contributed by atoms with van der Waals surface area (Å²) in [5, 5.41) is 18.0. The van der Waals surface area contributed by atoms with E-state index >= 15 is 0 Å². The summed E-state index contributed by atoms with van der Waals surface area (Å²) in [4.78, 5) is 0. The van der Waals surface area contributed by atoms with Gasteiger partial charge >= 0.3 is 7.12 Å². The summed E-state index contributed by atoms with van der Waals surface area (Å²) in [6, 6.07) is 6.75. The van der Waals surface area contributed by atoms with Gasteiger partial charge in [0.05, 0.1) is 6.61 Å². The van der Waals surface area contributed by atoms with Gasteiger partial charge in [0.2, 0.25) is 0 Å². The van der Waals surface area contributed by atoms with Crippen molar-refractivity contribution in [2.75, 3.05) is 19.8 Å². The van der Waals surface area contributed by atoms with Gasteiger partial charge in [-0.25, -0.2) is 0 Å². The lowest BCUT2D eigenvalue weighted by molar-refractivity contribution is 0.0635. The number of rotatable bonds is 7. The molecule has 0 bridgehead atoms. The Morgan fingerprint density at radius 3 is 2.35 bits per heavy atom. The monoisotopic (exact) mass is 278 g/mol. The standard InChI is InChI=1S/C15H23BO4/c17-16(18)14-6-8-15(9-7-14)20-11-10-19-12-13-4-2-1-3-5-13/h6-9,13,17-18H,1-5,10-12H2. The van der Waals surface area contributed by atoms with E-state index in [1.54, 1.807) is 24.3 Å². The van der Waals surface area contributed by atoms with Crippen molar-refractivity contribution in [3.63, 3.8) is 0 Å². The van der Waals surface area contributed by atoms with Crippen LogP contribution in [0.3, 0.4) is 0 Å². The molecule has 1 aromatic carbocycles. The van der Waals surface area contributed by atoms with E-state index in [0.717, 1.165) is 18.3 Å². The first-order chi connectivity index (χ1) is 9.75. The summed E-state index contributed by atoms with van der Waals surface area (Å²) in [5.41, 5.74) is 0.464. The molecule has 0 unspecified atom stereocenters. The van der Waals surface area contributed by atoms with Gasteiger partial charge in [0.15, 0.2) is 0 Å². The highest BCUT2D eigenvalue weighted by molar-refractivity contribution is 6.58. The molecule has 0 saturated heterocycles. The number of hydrogen-bond acceptors (Lipinski definition) is 4. The lowest BCUT2D eigenvalue weighted by Crippen LogP contribution is -2.29. The Morgan fingerprint density at radius 2 is 1.70 bits per heavy atom. The summed E-state index contributed by atoms with van der Waals surface area (Å²) in [5.74, 6) is 1.45. The third kappa shape index (κ3) is 5.15. The molecule has 0 aliphatic heterocycles. The lowest BCUT2D eigenvalue weighted by atomic mass is 9.80. The smallest absolute Gasteiger partial charge is 0.488 e. The Bertz CT molecular complexity index is 374. The highest BCUT2D eigenvalue weighted by atomic mass is 16.5. The summed E-state index contributed by atoms with van der Waals surface area (Å²) in [6.45, 7) is 1.97. The van der Waals surface area contributed by atoms with Crippen molar-refractivity contribution >= 4 is 12.6 Å². The number of hydrogen-bond donors (Lipinski definition) is 2. The molecular weight excluding hydrogens is 255 g/mol. The lowest BCUT2D eigenvalue weighted by Gasteiger charge is -2.21. The van der Waals surface area contributed by atoms with Crippen LogP contribution in [0.15, 0.2) is 24.3 Å². The van der Waals surface area contributed by atoms with Crippen molar-refractivity contribution in [3.05, 3.63) is 24.3 Å². The fourth-order valence-corrected chi connectivity index (χ4v) is 2.56. The largest absolute Gasteiger partial charge is 0.491 e. The zero-order valence-corrected chi connectivity index (χ0v) is 11.8. The van der Waals surface area contributed by atoms with E-state index in [0.29, 0.717) is 18.7 Å². The molecule has 1 aromatic rings. The average molecular weight is 278 g/mol. The molecule has 2 N–H and O–H groups in total. The highest BCUT2D eigenvalue weighted by Gasteiger charge is 2.13. The maximum absolute atomic E-state index is 8.98. The van der Waals surface area contributed by atoms with Crippen LogP contribution in [0.4, 0.5) is 0 Å². The molecular formula is C15H23BO4. The summed E-state index contributed by atoms with van der Waals surface area (Å²) >= 11 is 0. The van der Waals surface area contributed by atoms with Gasteiger partial charge in [-0.1, -0.05) is 31.4 Å². The van der Waals surface area contributed by atoms with Crippen molar-refractivity contribution in [1.82, 2.24) is 0 Å². The Morgan fingerprint density at radius 1 is 1.00 bits per heavy atom. The third-order valence-electron chi connectivity index (χ3n) is 3.75. The maximum atomic E-state index is 8.98. The first kappa shape index (κ1) is 15.4. The predicted molar refractivity (Wildman–Crippen MR) is 79.2 cm³/mol. The number of benzene rings is 1. The van der Waals surface area contributed by atoms with Gasteiger partial charge in [0, 0.05) is 6.61 Å². The molecule has 1 aliphatic carbocycles. The SMILES string of the molecule is OB(O)c1ccc(OCCOCC2CCCCC2)cc1. The van der Waals surface area contributed by atoms with Crippen LogP contribution in [0, 0.1) is 5.92 Å².